The van der Waals surface area contributed by atoms with Crippen molar-refractivity contribution in [3.8, 4) is 17.0 Å². The second-order valence-electron chi connectivity index (χ2n) is 7.84. The molecule has 9 heteroatoms. The van der Waals surface area contributed by atoms with E-state index in [-0.39, 0.29) is 16.8 Å². The van der Waals surface area contributed by atoms with Crippen LogP contribution in [0.1, 0.15) is 0 Å². The maximum Gasteiger partial charge on any atom is 0.229 e. The quantitative estimate of drug-likeness (QED) is 0.360. The number of fused-ring (bicyclic) bond motifs is 2. The zero-order chi connectivity index (χ0) is 23.1. The molecule has 0 saturated carbocycles. The first-order valence-corrected chi connectivity index (χ1v) is 10.3. The highest BCUT2D eigenvalue weighted by Crippen LogP contribution is 2.27. The van der Waals surface area contributed by atoms with Crippen molar-refractivity contribution in [2.75, 3.05) is 6.61 Å². The lowest BCUT2D eigenvalue weighted by Crippen LogP contribution is -2.60. The molecule has 0 aliphatic carbocycles. The molecule has 0 radical (unpaired) electrons. The van der Waals surface area contributed by atoms with E-state index in [0.29, 0.717) is 16.6 Å². The maximum atomic E-state index is 13.1. The summed E-state index contributed by atoms with van der Waals surface area (Å²) in [6.07, 6.45) is -5.70. The molecular formula is C24H21NO8. The summed E-state index contributed by atoms with van der Waals surface area (Å²) >= 11 is 0. The number of rotatable bonds is 4. The third-order valence-electron chi connectivity index (χ3n) is 5.72. The number of hydrogen-bond acceptors (Lipinski definition) is 9. The first-order chi connectivity index (χ1) is 16.0. The topological polar surface area (TPSA) is 142 Å². The molecule has 5 unspecified atom stereocenters. The van der Waals surface area contributed by atoms with Gasteiger partial charge in [-0.2, -0.15) is 0 Å². The maximum absolute atomic E-state index is 13.1. The van der Waals surface area contributed by atoms with Crippen molar-refractivity contribution in [1.82, 2.24) is 4.98 Å². The van der Waals surface area contributed by atoms with E-state index in [4.69, 9.17) is 13.9 Å². The van der Waals surface area contributed by atoms with Crippen molar-refractivity contribution in [3.63, 3.8) is 0 Å². The fourth-order valence-corrected chi connectivity index (χ4v) is 3.87. The lowest BCUT2D eigenvalue weighted by atomic mass is 9.99. The first-order valence-electron chi connectivity index (χ1n) is 10.3. The van der Waals surface area contributed by atoms with Gasteiger partial charge in [-0.1, -0.05) is 24.3 Å². The van der Waals surface area contributed by atoms with E-state index in [1.165, 1.54) is 24.5 Å². The summed E-state index contributed by atoms with van der Waals surface area (Å²) in [6.45, 7) is -0.566. The first kappa shape index (κ1) is 21.5. The Morgan fingerprint density at radius 1 is 0.970 bits per heavy atom. The predicted molar refractivity (Wildman–Crippen MR) is 118 cm³/mol. The Balaban J connectivity index is 1.45. The number of aromatic nitrogens is 1. The highest BCUT2D eigenvalue weighted by atomic mass is 16.7. The molecule has 4 N–H and O–H groups in total. The molecule has 33 heavy (non-hydrogen) atoms. The minimum absolute atomic E-state index is 0.201. The van der Waals surface area contributed by atoms with E-state index < -0.39 is 37.3 Å². The van der Waals surface area contributed by atoms with Crippen molar-refractivity contribution in [1.29, 1.82) is 0 Å². The van der Waals surface area contributed by atoms with E-state index >= 15 is 0 Å². The van der Waals surface area contributed by atoms with Crippen LogP contribution in [0.4, 0.5) is 0 Å². The van der Waals surface area contributed by atoms with Gasteiger partial charge in [-0.25, -0.2) is 4.98 Å². The summed E-state index contributed by atoms with van der Waals surface area (Å²) in [6, 6.07) is 15.7. The third kappa shape index (κ3) is 3.86. The SMILES string of the molecule is O=c1c(-c2ccc3ccccc3n2)coc2cc(OC3OC(CO)C(O)C(O)C3O)ccc12. The normalized spacial score (nSPS) is 25.4. The van der Waals surface area contributed by atoms with Gasteiger partial charge in [-0.15, -0.1) is 0 Å². The van der Waals surface area contributed by atoms with Crippen molar-refractivity contribution in [2.24, 2.45) is 0 Å². The van der Waals surface area contributed by atoms with Crippen molar-refractivity contribution in [2.45, 2.75) is 30.7 Å². The van der Waals surface area contributed by atoms with Crippen LogP contribution in [0.15, 0.2) is 70.1 Å². The lowest BCUT2D eigenvalue weighted by molar-refractivity contribution is -0.277. The van der Waals surface area contributed by atoms with Gasteiger partial charge in [0.2, 0.25) is 11.7 Å². The summed E-state index contributed by atoms with van der Waals surface area (Å²) in [5, 5.41) is 40.5. The number of aliphatic hydroxyl groups is 4. The van der Waals surface area contributed by atoms with E-state index in [0.717, 1.165) is 10.9 Å². The Bertz CT molecular complexity index is 1370. The molecule has 1 aliphatic heterocycles. The summed E-state index contributed by atoms with van der Waals surface area (Å²) in [4.78, 5) is 17.6. The van der Waals surface area contributed by atoms with Gasteiger partial charge in [0, 0.05) is 11.5 Å². The molecule has 2 aromatic heterocycles. The molecule has 1 aliphatic rings. The van der Waals surface area contributed by atoms with Crippen molar-refractivity contribution >= 4 is 21.9 Å². The molecule has 5 rings (SSSR count). The minimum atomic E-state index is -1.56. The molecule has 5 atom stereocenters. The van der Waals surface area contributed by atoms with Gasteiger partial charge in [-0.05, 0) is 24.3 Å². The van der Waals surface area contributed by atoms with Crippen LogP contribution in [-0.2, 0) is 4.74 Å². The van der Waals surface area contributed by atoms with Crippen LogP contribution in [0.3, 0.4) is 0 Å². The van der Waals surface area contributed by atoms with E-state index in [1.54, 1.807) is 6.07 Å². The summed E-state index contributed by atoms with van der Waals surface area (Å²) in [5.41, 5.74) is 1.55. The monoisotopic (exact) mass is 451 g/mol. The number of hydrogen-bond donors (Lipinski definition) is 4. The average molecular weight is 451 g/mol. The van der Waals surface area contributed by atoms with Crippen molar-refractivity contribution < 1.29 is 34.3 Å². The van der Waals surface area contributed by atoms with E-state index in [9.17, 15) is 25.2 Å². The number of pyridine rings is 1. The van der Waals surface area contributed by atoms with Crippen LogP contribution < -0.4 is 10.2 Å². The number of nitrogens with zero attached hydrogens (tertiary/aromatic N) is 1. The molecule has 170 valence electrons. The predicted octanol–water partition coefficient (Wildman–Crippen LogP) is 1.19. The number of ether oxygens (including phenoxy) is 2. The highest BCUT2D eigenvalue weighted by molar-refractivity contribution is 5.85. The van der Waals surface area contributed by atoms with Crippen LogP contribution in [0.2, 0.25) is 0 Å². The average Bonchev–Trinajstić information content (AvgIpc) is 2.84. The van der Waals surface area contributed by atoms with E-state index in [1.807, 2.05) is 30.3 Å². The summed E-state index contributed by atoms with van der Waals surface area (Å²) in [5.74, 6) is 0.201. The van der Waals surface area contributed by atoms with Crippen LogP contribution in [0.25, 0.3) is 33.1 Å². The van der Waals surface area contributed by atoms with Gasteiger partial charge < -0.3 is 34.3 Å². The Kier molecular flexibility index (Phi) is 5.57. The molecule has 0 bridgehead atoms. The molecule has 1 fully saturated rings. The summed E-state index contributed by atoms with van der Waals surface area (Å²) < 4.78 is 16.6. The van der Waals surface area contributed by atoms with Crippen molar-refractivity contribution in [3.05, 3.63) is 71.1 Å². The molecule has 0 amide bonds. The fourth-order valence-electron chi connectivity index (χ4n) is 3.87. The smallest absolute Gasteiger partial charge is 0.229 e. The third-order valence-corrected chi connectivity index (χ3v) is 5.72. The van der Waals surface area contributed by atoms with Crippen LogP contribution in [0, 0.1) is 0 Å². The Morgan fingerprint density at radius 2 is 1.79 bits per heavy atom. The van der Waals surface area contributed by atoms with Gasteiger partial charge in [0.25, 0.3) is 0 Å². The zero-order valence-corrected chi connectivity index (χ0v) is 17.2. The van der Waals surface area contributed by atoms with Crippen LogP contribution in [-0.4, -0.2) is 62.7 Å². The summed E-state index contributed by atoms with van der Waals surface area (Å²) in [7, 11) is 0. The minimum Gasteiger partial charge on any atom is -0.463 e. The Labute approximate surface area is 187 Å². The van der Waals surface area contributed by atoms with Gasteiger partial charge in [0.1, 0.15) is 42.0 Å². The van der Waals surface area contributed by atoms with Gasteiger partial charge in [0.15, 0.2) is 0 Å². The van der Waals surface area contributed by atoms with Crippen LogP contribution >= 0.6 is 0 Å². The van der Waals surface area contributed by atoms with Gasteiger partial charge in [0.05, 0.1) is 28.8 Å². The number of aliphatic hydroxyl groups excluding tert-OH is 4. The molecule has 3 heterocycles. The zero-order valence-electron chi connectivity index (χ0n) is 17.2. The molecule has 9 nitrogen and oxygen atoms in total. The molecule has 1 saturated heterocycles. The standard InChI is InChI=1S/C24H21NO8/c26-10-19-21(28)22(29)23(30)24(33-19)32-13-6-7-14-18(9-13)31-11-15(20(14)27)17-8-5-12-3-1-2-4-16(12)25-17/h1-9,11,19,21-24,26,28-30H,10H2. The molecular weight excluding hydrogens is 430 g/mol. The van der Waals surface area contributed by atoms with E-state index in [2.05, 4.69) is 4.98 Å². The number of para-hydroxylation sites is 1. The van der Waals surface area contributed by atoms with Gasteiger partial charge in [-0.3, -0.25) is 4.79 Å². The Morgan fingerprint density at radius 3 is 2.61 bits per heavy atom. The second-order valence-corrected chi connectivity index (χ2v) is 7.84. The largest absolute Gasteiger partial charge is 0.463 e. The van der Waals surface area contributed by atoms with Crippen LogP contribution in [0.5, 0.6) is 5.75 Å². The lowest BCUT2D eigenvalue weighted by Gasteiger charge is -2.39. The molecule has 4 aromatic rings. The molecule has 2 aromatic carbocycles. The van der Waals surface area contributed by atoms with Gasteiger partial charge >= 0.3 is 0 Å². The fraction of sp³-hybridized carbons (Fsp3) is 0.250. The second kappa shape index (κ2) is 8.54. The number of benzene rings is 2. The molecule has 0 spiro atoms. The Hall–Kier alpha value is -3.34. The highest BCUT2D eigenvalue weighted by Gasteiger charge is 2.44.